The maximum absolute atomic E-state index is 12.9. The Hall–Kier alpha value is -6.02. The van der Waals surface area contributed by atoms with Crippen molar-refractivity contribution in [3.8, 4) is 22.3 Å². The second kappa shape index (κ2) is 23.4. The Bertz CT molecular complexity index is 2550. The highest BCUT2D eigenvalue weighted by atomic mass is 16.4. The molecule has 0 fully saturated rings. The van der Waals surface area contributed by atoms with Crippen molar-refractivity contribution in [3.05, 3.63) is 108 Å². The van der Waals surface area contributed by atoms with Crippen LogP contribution >= 0.6 is 0 Å². The maximum atomic E-state index is 12.9. The van der Waals surface area contributed by atoms with E-state index in [1.165, 1.54) is 77.0 Å². The van der Waals surface area contributed by atoms with Gasteiger partial charge in [0.2, 0.25) is 0 Å². The molecule has 346 valence electrons. The van der Waals surface area contributed by atoms with Gasteiger partial charge < -0.3 is 20.0 Å². The number of anilines is 2. The smallest absolute Gasteiger partial charge is 0.371 e. The Labute approximate surface area is 391 Å². The topological polar surface area (TPSA) is 104 Å². The molecule has 2 N–H and O–H groups in total. The van der Waals surface area contributed by atoms with Gasteiger partial charge in [-0.2, -0.15) is 0 Å². The minimum Gasteiger partial charge on any atom is -0.478 e. The standard InChI is InChI=1S/C58H68N2O6/c1-5-9-13-21-33-59(34-22-14-10-6-2)41-29-31-47-51(37-41)65-53-40-54-50(39-49(53)55(47)43-25-17-19-27-45(43)57(61)62)56(44-26-18-20-28-46(44)58(63)64)48-32-30-42(38-52(48)66-54)60(35-23-15-11-7-3)36-24-16-12-8-4/h17-20,25-32,37-40H,5-16,21-24,33-36H2,1-4H3/p+2. The molecular weight excluding hydrogens is 821 g/mol. The summed E-state index contributed by atoms with van der Waals surface area (Å²) in [6, 6.07) is 31.0. The molecule has 0 saturated carbocycles. The zero-order valence-corrected chi connectivity index (χ0v) is 39.8. The monoisotopic (exact) mass is 891 g/mol. The lowest BCUT2D eigenvalue weighted by Crippen LogP contribution is -2.25. The van der Waals surface area contributed by atoms with Crippen LogP contribution in [-0.2, 0) is 0 Å². The summed E-state index contributed by atoms with van der Waals surface area (Å²) >= 11 is 0. The molecular formula is C58H70N2O6+2. The van der Waals surface area contributed by atoms with Crippen molar-refractivity contribution >= 4 is 67.2 Å². The third-order valence-electron chi connectivity index (χ3n) is 13.2. The van der Waals surface area contributed by atoms with Crippen LogP contribution in [-0.4, -0.2) is 48.3 Å². The van der Waals surface area contributed by atoms with Gasteiger partial charge in [0.1, 0.15) is 6.07 Å². The number of carboxylic acid groups (broad SMARTS) is 2. The van der Waals surface area contributed by atoms with Crippen LogP contribution in [0.1, 0.15) is 151 Å². The Morgan fingerprint density at radius 2 is 0.758 bits per heavy atom. The van der Waals surface area contributed by atoms with Gasteiger partial charge in [0, 0.05) is 48.7 Å². The van der Waals surface area contributed by atoms with Crippen LogP contribution in [0.15, 0.2) is 106 Å². The Kier molecular flexibility index (Phi) is 17.0. The fourth-order valence-electron chi connectivity index (χ4n) is 9.66. The molecule has 2 aromatic heterocycles. The normalized spacial score (nSPS) is 11.6. The molecule has 0 unspecified atom stereocenters. The van der Waals surface area contributed by atoms with Crippen molar-refractivity contribution in [1.29, 1.82) is 0 Å². The zero-order valence-electron chi connectivity index (χ0n) is 39.8. The van der Waals surface area contributed by atoms with E-state index in [4.69, 9.17) is 8.83 Å². The molecule has 7 aromatic rings. The molecule has 0 bridgehead atoms. The van der Waals surface area contributed by atoms with Crippen molar-refractivity contribution in [2.75, 3.05) is 36.0 Å². The molecule has 0 atom stereocenters. The van der Waals surface area contributed by atoms with Crippen LogP contribution in [0.3, 0.4) is 0 Å². The largest absolute Gasteiger partial charge is 0.478 e. The molecule has 8 nitrogen and oxygen atoms in total. The summed E-state index contributed by atoms with van der Waals surface area (Å²) in [6.07, 6.45) is 18.7. The minimum absolute atomic E-state index is 0.185. The summed E-state index contributed by atoms with van der Waals surface area (Å²) in [5.74, 6) is -2.04. The SMILES string of the molecule is CCCCCCN(CCCCCC)c1ccc2c(-c3ccccc3C(=O)O)c3cc4c(-c5ccccc5C(=O)O)c5ccc(N(CCCCCC)CCCCCC)cc5[o+]c4cc3[o+]c2c1. The molecule has 5 aromatic carbocycles. The summed E-state index contributed by atoms with van der Waals surface area (Å²) < 4.78 is 13.9. The summed E-state index contributed by atoms with van der Waals surface area (Å²) in [5.41, 5.74) is 7.58. The average molecular weight is 891 g/mol. The van der Waals surface area contributed by atoms with Gasteiger partial charge in [0.25, 0.3) is 0 Å². The summed E-state index contributed by atoms with van der Waals surface area (Å²) in [7, 11) is 0. The van der Waals surface area contributed by atoms with Crippen molar-refractivity contribution < 1.29 is 28.6 Å². The van der Waals surface area contributed by atoms with Crippen LogP contribution in [0.5, 0.6) is 0 Å². The van der Waals surface area contributed by atoms with Gasteiger partial charge >= 0.3 is 34.3 Å². The van der Waals surface area contributed by atoms with Crippen molar-refractivity contribution in [3.63, 3.8) is 0 Å². The molecule has 0 amide bonds. The number of carbonyl (C=O) groups is 2. The van der Waals surface area contributed by atoms with Gasteiger partial charge in [0.15, 0.2) is 0 Å². The molecule has 2 heterocycles. The number of benzene rings is 5. The quantitative estimate of drug-likeness (QED) is 0.0315. The first-order chi connectivity index (χ1) is 32.3. The van der Waals surface area contributed by atoms with E-state index < -0.39 is 11.9 Å². The predicted molar refractivity (Wildman–Crippen MR) is 276 cm³/mol. The fraction of sp³-hybridized carbons (Fsp3) is 0.414. The molecule has 66 heavy (non-hydrogen) atoms. The van der Waals surface area contributed by atoms with Crippen LogP contribution in [0, 0.1) is 0 Å². The van der Waals surface area contributed by atoms with Gasteiger partial charge in [0.05, 0.1) is 44.8 Å². The number of aromatic carboxylic acids is 2. The molecule has 0 aliphatic carbocycles. The second-order valence-electron chi connectivity index (χ2n) is 18.1. The van der Waals surface area contributed by atoms with E-state index in [2.05, 4.69) is 73.9 Å². The first-order valence-corrected chi connectivity index (χ1v) is 25.0. The van der Waals surface area contributed by atoms with Crippen LogP contribution < -0.4 is 9.80 Å². The van der Waals surface area contributed by atoms with E-state index in [0.717, 1.165) is 85.1 Å². The number of unbranched alkanes of at least 4 members (excludes halogenated alkanes) is 12. The highest BCUT2D eigenvalue weighted by molar-refractivity contribution is 6.18. The van der Waals surface area contributed by atoms with Gasteiger partial charge in [-0.05, 0) is 79.3 Å². The van der Waals surface area contributed by atoms with E-state index in [-0.39, 0.29) is 11.1 Å². The highest BCUT2D eigenvalue weighted by Gasteiger charge is 2.31. The molecule has 0 spiro atoms. The van der Waals surface area contributed by atoms with Crippen molar-refractivity contribution in [1.82, 2.24) is 0 Å². The Balaban J connectivity index is 1.49. The van der Waals surface area contributed by atoms with E-state index in [1.54, 1.807) is 24.3 Å². The number of rotatable bonds is 26. The van der Waals surface area contributed by atoms with Crippen molar-refractivity contribution in [2.45, 2.75) is 130 Å². The molecule has 0 aliphatic rings. The molecule has 0 aliphatic heterocycles. The van der Waals surface area contributed by atoms with Gasteiger partial charge in [-0.3, -0.25) is 0 Å². The fourth-order valence-corrected chi connectivity index (χ4v) is 9.66. The van der Waals surface area contributed by atoms with Gasteiger partial charge in [-0.1, -0.05) is 141 Å². The Morgan fingerprint density at radius 3 is 1.11 bits per heavy atom. The van der Waals surface area contributed by atoms with Crippen LogP contribution in [0.25, 0.3) is 66.1 Å². The van der Waals surface area contributed by atoms with E-state index in [1.807, 2.05) is 36.4 Å². The third kappa shape index (κ3) is 11.1. The van der Waals surface area contributed by atoms with E-state index in [9.17, 15) is 19.8 Å². The molecule has 0 radical (unpaired) electrons. The Morgan fingerprint density at radius 1 is 0.409 bits per heavy atom. The number of nitrogens with zero attached hydrogens (tertiary/aromatic N) is 2. The highest BCUT2D eigenvalue weighted by Crippen LogP contribution is 2.45. The first-order valence-electron chi connectivity index (χ1n) is 25.0. The zero-order chi connectivity index (χ0) is 46.4. The molecule has 0 saturated heterocycles. The number of hydrogen-bond acceptors (Lipinski definition) is 4. The third-order valence-corrected chi connectivity index (χ3v) is 13.2. The predicted octanol–water partition coefficient (Wildman–Crippen LogP) is 16.7. The van der Waals surface area contributed by atoms with Gasteiger partial charge in [-0.25, -0.2) is 18.4 Å². The van der Waals surface area contributed by atoms with Crippen LogP contribution in [0.4, 0.5) is 11.4 Å². The number of hydrogen-bond donors (Lipinski definition) is 2. The van der Waals surface area contributed by atoms with Gasteiger partial charge in [-0.15, -0.1) is 0 Å². The summed E-state index contributed by atoms with van der Waals surface area (Å²) in [5, 5.41) is 24.2. The van der Waals surface area contributed by atoms with Crippen molar-refractivity contribution in [2.24, 2.45) is 0 Å². The second-order valence-corrected chi connectivity index (χ2v) is 18.1. The lowest BCUT2D eigenvalue weighted by molar-refractivity contribution is 0.0687. The lowest BCUT2D eigenvalue weighted by Gasteiger charge is -2.25. The van der Waals surface area contributed by atoms with E-state index in [0.29, 0.717) is 44.2 Å². The first kappa shape index (κ1) is 47.9. The average Bonchev–Trinajstić information content (AvgIpc) is 3.33. The van der Waals surface area contributed by atoms with E-state index >= 15 is 0 Å². The minimum atomic E-state index is -1.02. The molecule has 7 rings (SSSR count). The maximum Gasteiger partial charge on any atom is 0.371 e. The number of fused-ring (bicyclic) bond motifs is 4. The summed E-state index contributed by atoms with van der Waals surface area (Å²) in [4.78, 5) is 30.9. The van der Waals surface area contributed by atoms with Crippen LogP contribution in [0.2, 0.25) is 0 Å². The lowest BCUT2D eigenvalue weighted by atomic mass is 9.90. The molecule has 8 heteroatoms. The summed E-state index contributed by atoms with van der Waals surface area (Å²) in [6.45, 7) is 12.8. The number of carboxylic acids is 2.